The van der Waals surface area contributed by atoms with Gasteiger partial charge < -0.3 is 10.1 Å². The minimum absolute atomic E-state index is 0.0417. The lowest BCUT2D eigenvalue weighted by Crippen LogP contribution is -2.47. The Kier molecular flexibility index (Phi) is 6.87. The maximum atomic E-state index is 12.4. The third-order valence-electron chi connectivity index (χ3n) is 6.08. The zero-order chi connectivity index (χ0) is 21.0. The fourth-order valence-corrected chi connectivity index (χ4v) is 4.47. The first kappa shape index (κ1) is 21.3. The summed E-state index contributed by atoms with van der Waals surface area (Å²) in [6.07, 6.45) is 5.88. The summed E-state index contributed by atoms with van der Waals surface area (Å²) in [5.74, 6) is -2.33. The molecule has 3 fully saturated rings. The van der Waals surface area contributed by atoms with Gasteiger partial charge >= 0.3 is 12.0 Å². The van der Waals surface area contributed by atoms with Gasteiger partial charge in [0, 0.05) is 12.6 Å². The fourth-order valence-electron chi connectivity index (χ4n) is 4.47. The lowest BCUT2D eigenvalue weighted by molar-refractivity contribution is -0.155. The van der Waals surface area contributed by atoms with Crippen molar-refractivity contribution in [3.63, 3.8) is 0 Å². The molecule has 1 aliphatic heterocycles. The summed E-state index contributed by atoms with van der Waals surface area (Å²) in [5.41, 5.74) is 0. The van der Waals surface area contributed by atoms with E-state index in [1.807, 2.05) is 0 Å². The van der Waals surface area contributed by atoms with Crippen LogP contribution in [0.15, 0.2) is 0 Å². The van der Waals surface area contributed by atoms with Crippen molar-refractivity contribution in [2.24, 2.45) is 11.8 Å². The van der Waals surface area contributed by atoms with Crippen LogP contribution in [-0.4, -0.2) is 53.3 Å². The van der Waals surface area contributed by atoms with E-state index in [2.05, 4.69) is 10.6 Å². The predicted molar refractivity (Wildman–Crippen MR) is 101 cm³/mol. The van der Waals surface area contributed by atoms with Gasteiger partial charge in [-0.3, -0.25) is 29.4 Å². The number of esters is 1. The Morgan fingerprint density at radius 1 is 1.00 bits per heavy atom. The van der Waals surface area contributed by atoms with Crippen LogP contribution in [0.4, 0.5) is 4.79 Å². The van der Waals surface area contributed by atoms with Crippen LogP contribution < -0.4 is 10.6 Å². The van der Waals surface area contributed by atoms with Gasteiger partial charge in [0.2, 0.25) is 11.8 Å². The van der Waals surface area contributed by atoms with Crippen LogP contribution in [0.1, 0.15) is 64.7 Å². The second-order valence-corrected chi connectivity index (χ2v) is 8.15. The Labute approximate surface area is 169 Å². The molecule has 3 atom stereocenters. The Morgan fingerprint density at radius 3 is 2.14 bits per heavy atom. The monoisotopic (exact) mass is 407 g/mol. The quantitative estimate of drug-likeness (QED) is 0.505. The first-order chi connectivity index (χ1) is 13.9. The number of nitrogens with one attached hydrogen (secondary N) is 2. The smallest absolute Gasteiger partial charge is 0.321 e. The molecule has 2 N–H and O–H groups in total. The zero-order valence-electron chi connectivity index (χ0n) is 16.8. The number of likely N-dealkylation sites (tertiary alicyclic amines) is 1. The summed E-state index contributed by atoms with van der Waals surface area (Å²) in [6, 6.07) is -0.527. The van der Waals surface area contributed by atoms with Crippen LogP contribution in [-0.2, 0) is 23.9 Å². The Morgan fingerprint density at radius 2 is 1.55 bits per heavy atom. The van der Waals surface area contributed by atoms with E-state index in [0.717, 1.165) is 56.3 Å². The molecule has 0 bridgehead atoms. The number of urea groups is 1. The highest BCUT2D eigenvalue weighted by Crippen LogP contribution is 2.37. The Bertz CT molecular complexity index is 664. The van der Waals surface area contributed by atoms with Crippen LogP contribution in [0.25, 0.3) is 0 Å². The van der Waals surface area contributed by atoms with E-state index in [4.69, 9.17) is 4.74 Å². The normalized spacial score (nSPS) is 25.5. The third-order valence-corrected chi connectivity index (χ3v) is 6.08. The highest BCUT2D eigenvalue weighted by Gasteiger charge is 2.47. The molecule has 160 valence electrons. The van der Waals surface area contributed by atoms with E-state index in [0.29, 0.717) is 0 Å². The Balaban J connectivity index is 1.40. The lowest BCUT2D eigenvalue weighted by Gasteiger charge is -2.19. The van der Waals surface area contributed by atoms with Gasteiger partial charge in [-0.05, 0) is 32.6 Å². The van der Waals surface area contributed by atoms with Crippen molar-refractivity contribution in [1.29, 1.82) is 0 Å². The number of nitrogens with zero attached hydrogens (tertiary/aromatic N) is 1. The SMILES string of the molecule is C[C@@H](OC(=O)CCN1C(=O)[C@H]2CCCC[C@@H]2C1=O)C(=O)NC(=O)NC1CCCC1. The van der Waals surface area contributed by atoms with Crippen LogP contribution in [0.2, 0.25) is 0 Å². The molecule has 0 aromatic heterocycles. The van der Waals surface area contributed by atoms with E-state index in [9.17, 15) is 24.0 Å². The van der Waals surface area contributed by atoms with Crippen molar-refractivity contribution in [1.82, 2.24) is 15.5 Å². The molecule has 2 saturated carbocycles. The standard InChI is InChI=1S/C20H29N3O6/c1-12(17(25)22-20(28)21-13-6-2-3-7-13)29-16(24)10-11-23-18(26)14-8-4-5-9-15(14)19(23)27/h12-15H,2-11H2,1H3,(H2,21,22,25,28)/t12-,14+,15+/m1/s1. The van der Waals surface area contributed by atoms with Crippen molar-refractivity contribution in [2.45, 2.75) is 76.9 Å². The van der Waals surface area contributed by atoms with Gasteiger partial charge in [0.1, 0.15) is 0 Å². The van der Waals surface area contributed by atoms with Gasteiger partial charge in [-0.25, -0.2) is 4.79 Å². The molecule has 0 spiro atoms. The Hall–Kier alpha value is -2.45. The van der Waals surface area contributed by atoms with Crippen LogP contribution in [0.3, 0.4) is 0 Å². The molecule has 2 aliphatic carbocycles. The van der Waals surface area contributed by atoms with Crippen LogP contribution in [0.5, 0.6) is 0 Å². The van der Waals surface area contributed by atoms with Gasteiger partial charge in [0.05, 0.1) is 18.3 Å². The molecule has 3 rings (SSSR count). The third kappa shape index (κ3) is 5.13. The number of carbonyl (C=O) groups excluding carboxylic acids is 5. The second kappa shape index (κ2) is 9.37. The summed E-state index contributed by atoms with van der Waals surface area (Å²) in [4.78, 5) is 61.9. The first-order valence-corrected chi connectivity index (χ1v) is 10.5. The molecule has 9 nitrogen and oxygen atoms in total. The molecular formula is C20H29N3O6. The minimum atomic E-state index is -1.15. The molecule has 0 aromatic rings. The van der Waals surface area contributed by atoms with Crippen LogP contribution in [0, 0.1) is 11.8 Å². The predicted octanol–water partition coefficient (Wildman–Crippen LogP) is 1.25. The van der Waals surface area contributed by atoms with Gasteiger partial charge in [0.25, 0.3) is 5.91 Å². The maximum Gasteiger partial charge on any atom is 0.321 e. The highest BCUT2D eigenvalue weighted by atomic mass is 16.5. The number of hydrogen-bond acceptors (Lipinski definition) is 6. The number of carbonyl (C=O) groups is 5. The number of rotatable bonds is 6. The first-order valence-electron chi connectivity index (χ1n) is 10.5. The summed E-state index contributed by atoms with van der Waals surface area (Å²) in [5, 5.41) is 4.89. The van der Waals surface area contributed by atoms with E-state index < -0.39 is 24.0 Å². The molecule has 0 radical (unpaired) electrons. The van der Waals surface area contributed by atoms with Crippen molar-refractivity contribution < 1.29 is 28.7 Å². The lowest BCUT2D eigenvalue weighted by atomic mass is 9.81. The van der Waals surface area contributed by atoms with Gasteiger partial charge in [0.15, 0.2) is 6.10 Å². The highest BCUT2D eigenvalue weighted by molar-refractivity contribution is 6.05. The molecule has 3 aliphatic rings. The topological polar surface area (TPSA) is 122 Å². The molecule has 0 unspecified atom stereocenters. The number of imide groups is 2. The number of fused-ring (bicyclic) bond motifs is 1. The number of hydrogen-bond donors (Lipinski definition) is 2. The molecule has 0 aromatic carbocycles. The van der Waals surface area contributed by atoms with Gasteiger partial charge in [-0.15, -0.1) is 0 Å². The van der Waals surface area contributed by atoms with E-state index in [-0.39, 0.29) is 42.7 Å². The fraction of sp³-hybridized carbons (Fsp3) is 0.750. The van der Waals surface area contributed by atoms with E-state index >= 15 is 0 Å². The summed E-state index contributed by atoms with van der Waals surface area (Å²) < 4.78 is 5.05. The van der Waals surface area contributed by atoms with Crippen molar-refractivity contribution >= 4 is 29.7 Å². The summed E-state index contributed by atoms with van der Waals surface area (Å²) in [6.45, 7) is 1.33. The molecule has 5 amide bonds. The molecule has 1 heterocycles. The summed E-state index contributed by atoms with van der Waals surface area (Å²) >= 11 is 0. The second-order valence-electron chi connectivity index (χ2n) is 8.15. The van der Waals surface area contributed by atoms with E-state index in [1.54, 1.807) is 0 Å². The molecule has 29 heavy (non-hydrogen) atoms. The minimum Gasteiger partial charge on any atom is -0.452 e. The van der Waals surface area contributed by atoms with Crippen LogP contribution >= 0.6 is 0 Å². The molecule has 1 saturated heterocycles. The van der Waals surface area contributed by atoms with Crippen molar-refractivity contribution in [3.8, 4) is 0 Å². The average Bonchev–Trinajstić information content (AvgIpc) is 3.27. The van der Waals surface area contributed by atoms with Crippen molar-refractivity contribution in [2.75, 3.05) is 6.54 Å². The van der Waals surface area contributed by atoms with Crippen molar-refractivity contribution in [3.05, 3.63) is 0 Å². The number of ether oxygens (including phenoxy) is 1. The molecular weight excluding hydrogens is 378 g/mol. The van der Waals surface area contributed by atoms with E-state index in [1.165, 1.54) is 6.92 Å². The largest absolute Gasteiger partial charge is 0.452 e. The van der Waals surface area contributed by atoms with Gasteiger partial charge in [-0.2, -0.15) is 0 Å². The maximum absolute atomic E-state index is 12.4. The average molecular weight is 407 g/mol. The summed E-state index contributed by atoms with van der Waals surface area (Å²) in [7, 11) is 0. The molecule has 9 heteroatoms. The zero-order valence-corrected chi connectivity index (χ0v) is 16.8. The number of amides is 5. The van der Waals surface area contributed by atoms with Gasteiger partial charge in [-0.1, -0.05) is 25.7 Å².